The fourth-order valence-electron chi connectivity index (χ4n) is 2.61. The summed E-state index contributed by atoms with van der Waals surface area (Å²) in [4.78, 5) is 14.2. The highest BCUT2D eigenvalue weighted by atomic mass is 79.9. The smallest absolute Gasteiger partial charge is 0.238 e. The van der Waals surface area contributed by atoms with Gasteiger partial charge in [0.1, 0.15) is 0 Å². The molecule has 1 aliphatic heterocycles. The van der Waals surface area contributed by atoms with Crippen molar-refractivity contribution in [1.29, 1.82) is 0 Å². The van der Waals surface area contributed by atoms with E-state index in [0.29, 0.717) is 24.9 Å². The van der Waals surface area contributed by atoms with Gasteiger partial charge in [-0.25, -0.2) is 0 Å². The molecule has 2 unspecified atom stereocenters. The molecule has 5 heteroatoms. The first-order valence-corrected chi connectivity index (χ1v) is 7.85. The van der Waals surface area contributed by atoms with Crippen LogP contribution in [0.2, 0.25) is 0 Å². The third-order valence-electron chi connectivity index (χ3n) is 4.00. The lowest BCUT2D eigenvalue weighted by atomic mass is 9.87. The van der Waals surface area contributed by atoms with E-state index in [4.69, 9.17) is 5.73 Å². The molecule has 110 valence electrons. The second-order valence-electron chi connectivity index (χ2n) is 5.55. The standard InChI is InChI=1S/C15H22BrN3O/c1-11-6-7-19(9-12(11)8-17)10-15(20)18-14-4-2-13(16)3-5-14/h2-5,11-12H,6-10,17H2,1H3,(H,18,20). The van der Waals surface area contributed by atoms with Crippen LogP contribution in [0.3, 0.4) is 0 Å². The van der Waals surface area contributed by atoms with E-state index in [1.54, 1.807) is 0 Å². The average Bonchev–Trinajstić information content (AvgIpc) is 2.43. The normalized spacial score (nSPS) is 23.6. The highest BCUT2D eigenvalue weighted by Gasteiger charge is 2.26. The minimum Gasteiger partial charge on any atom is -0.330 e. The largest absolute Gasteiger partial charge is 0.330 e. The van der Waals surface area contributed by atoms with E-state index >= 15 is 0 Å². The fourth-order valence-corrected chi connectivity index (χ4v) is 2.88. The maximum Gasteiger partial charge on any atom is 0.238 e. The number of hydrogen-bond donors (Lipinski definition) is 2. The molecular formula is C15H22BrN3O. The van der Waals surface area contributed by atoms with Crippen LogP contribution in [0.1, 0.15) is 13.3 Å². The van der Waals surface area contributed by atoms with E-state index in [0.717, 1.165) is 29.7 Å². The van der Waals surface area contributed by atoms with Gasteiger partial charge in [0.25, 0.3) is 0 Å². The third-order valence-corrected chi connectivity index (χ3v) is 4.52. The van der Waals surface area contributed by atoms with Crippen LogP contribution >= 0.6 is 15.9 Å². The van der Waals surface area contributed by atoms with Gasteiger partial charge in [-0.2, -0.15) is 0 Å². The molecule has 2 atom stereocenters. The van der Waals surface area contributed by atoms with Gasteiger partial charge in [-0.1, -0.05) is 22.9 Å². The van der Waals surface area contributed by atoms with Crippen molar-refractivity contribution in [3.05, 3.63) is 28.7 Å². The molecule has 1 fully saturated rings. The Balaban J connectivity index is 1.84. The molecule has 0 bridgehead atoms. The van der Waals surface area contributed by atoms with Crippen LogP contribution < -0.4 is 11.1 Å². The number of carbonyl (C=O) groups excluding carboxylic acids is 1. The molecule has 1 aromatic rings. The quantitative estimate of drug-likeness (QED) is 0.884. The number of carbonyl (C=O) groups is 1. The van der Waals surface area contributed by atoms with E-state index in [9.17, 15) is 4.79 Å². The van der Waals surface area contributed by atoms with Gasteiger partial charge in [0, 0.05) is 16.7 Å². The van der Waals surface area contributed by atoms with Gasteiger partial charge in [-0.15, -0.1) is 0 Å². The molecule has 0 radical (unpaired) electrons. The van der Waals surface area contributed by atoms with Crippen molar-refractivity contribution in [2.24, 2.45) is 17.6 Å². The van der Waals surface area contributed by atoms with Gasteiger partial charge in [-0.05, 0) is 55.6 Å². The molecule has 1 aromatic carbocycles. The van der Waals surface area contributed by atoms with Crippen molar-refractivity contribution < 1.29 is 4.79 Å². The van der Waals surface area contributed by atoms with Crippen molar-refractivity contribution in [2.75, 3.05) is 31.5 Å². The molecule has 1 amide bonds. The Kier molecular flexibility index (Phi) is 5.57. The summed E-state index contributed by atoms with van der Waals surface area (Å²) in [7, 11) is 0. The number of halogens is 1. The Bertz CT molecular complexity index is 449. The SMILES string of the molecule is CC1CCN(CC(=O)Nc2ccc(Br)cc2)CC1CN. The van der Waals surface area contributed by atoms with Crippen molar-refractivity contribution >= 4 is 27.5 Å². The molecule has 0 aromatic heterocycles. The zero-order valence-electron chi connectivity index (χ0n) is 11.8. The molecule has 4 nitrogen and oxygen atoms in total. The number of anilines is 1. The predicted molar refractivity (Wildman–Crippen MR) is 85.5 cm³/mol. The van der Waals surface area contributed by atoms with Gasteiger partial charge in [0.05, 0.1) is 6.54 Å². The third kappa shape index (κ3) is 4.30. The summed E-state index contributed by atoms with van der Waals surface area (Å²) in [6.07, 6.45) is 1.12. The molecule has 3 N–H and O–H groups in total. The van der Waals surface area contributed by atoms with Crippen molar-refractivity contribution in [3.8, 4) is 0 Å². The van der Waals surface area contributed by atoms with Gasteiger partial charge in [-0.3, -0.25) is 9.69 Å². The highest BCUT2D eigenvalue weighted by Crippen LogP contribution is 2.22. The molecule has 1 saturated heterocycles. The maximum atomic E-state index is 12.0. The van der Waals surface area contributed by atoms with Crippen molar-refractivity contribution in [2.45, 2.75) is 13.3 Å². The zero-order valence-corrected chi connectivity index (χ0v) is 13.4. The summed E-state index contributed by atoms with van der Waals surface area (Å²) in [5, 5.41) is 2.93. The molecule has 1 heterocycles. The lowest BCUT2D eigenvalue weighted by Crippen LogP contribution is -2.45. The number of amides is 1. The first-order valence-electron chi connectivity index (χ1n) is 7.06. The molecule has 20 heavy (non-hydrogen) atoms. The number of rotatable bonds is 4. The minimum absolute atomic E-state index is 0.0395. The Morgan fingerprint density at radius 1 is 1.45 bits per heavy atom. The Labute approximate surface area is 128 Å². The van der Waals surface area contributed by atoms with Crippen LogP contribution in [0.5, 0.6) is 0 Å². The number of likely N-dealkylation sites (tertiary alicyclic amines) is 1. The Hall–Kier alpha value is -0.910. The van der Waals surface area contributed by atoms with Gasteiger partial charge in [0.2, 0.25) is 5.91 Å². The Morgan fingerprint density at radius 2 is 2.15 bits per heavy atom. The molecular weight excluding hydrogens is 318 g/mol. The minimum atomic E-state index is 0.0395. The van der Waals surface area contributed by atoms with E-state index in [-0.39, 0.29) is 5.91 Å². The first-order chi connectivity index (χ1) is 9.58. The number of piperidine rings is 1. The number of nitrogens with zero attached hydrogens (tertiary/aromatic N) is 1. The van der Waals surface area contributed by atoms with E-state index in [1.165, 1.54) is 0 Å². The predicted octanol–water partition coefficient (Wildman–Crippen LogP) is 2.30. The van der Waals surface area contributed by atoms with Crippen LogP contribution in [-0.4, -0.2) is 37.0 Å². The van der Waals surface area contributed by atoms with E-state index in [2.05, 4.69) is 33.1 Å². The maximum absolute atomic E-state index is 12.0. The average molecular weight is 340 g/mol. The molecule has 1 aliphatic rings. The molecule has 0 spiro atoms. The van der Waals surface area contributed by atoms with Gasteiger partial charge < -0.3 is 11.1 Å². The summed E-state index contributed by atoms with van der Waals surface area (Å²) in [6, 6.07) is 7.62. The molecule has 2 rings (SSSR count). The van der Waals surface area contributed by atoms with Crippen LogP contribution in [0.25, 0.3) is 0 Å². The number of nitrogens with two attached hydrogens (primary N) is 1. The summed E-state index contributed by atoms with van der Waals surface area (Å²) >= 11 is 3.38. The second kappa shape index (κ2) is 7.20. The van der Waals surface area contributed by atoms with Crippen LogP contribution in [-0.2, 0) is 4.79 Å². The zero-order chi connectivity index (χ0) is 14.5. The summed E-state index contributed by atoms with van der Waals surface area (Å²) in [5.74, 6) is 1.20. The summed E-state index contributed by atoms with van der Waals surface area (Å²) < 4.78 is 1.01. The van der Waals surface area contributed by atoms with Crippen LogP contribution in [0, 0.1) is 11.8 Å². The topological polar surface area (TPSA) is 58.4 Å². The van der Waals surface area contributed by atoms with E-state index < -0.39 is 0 Å². The fraction of sp³-hybridized carbons (Fsp3) is 0.533. The Morgan fingerprint density at radius 3 is 2.80 bits per heavy atom. The number of nitrogens with one attached hydrogen (secondary N) is 1. The number of hydrogen-bond acceptors (Lipinski definition) is 3. The first kappa shape index (κ1) is 15.5. The lowest BCUT2D eigenvalue weighted by Gasteiger charge is -2.36. The second-order valence-corrected chi connectivity index (χ2v) is 6.47. The number of benzene rings is 1. The van der Waals surface area contributed by atoms with Gasteiger partial charge >= 0.3 is 0 Å². The van der Waals surface area contributed by atoms with E-state index in [1.807, 2.05) is 24.3 Å². The molecule has 0 aliphatic carbocycles. The lowest BCUT2D eigenvalue weighted by molar-refractivity contribution is -0.117. The van der Waals surface area contributed by atoms with Crippen LogP contribution in [0.15, 0.2) is 28.7 Å². The summed E-state index contributed by atoms with van der Waals surface area (Å²) in [5.41, 5.74) is 6.63. The highest BCUT2D eigenvalue weighted by molar-refractivity contribution is 9.10. The molecule has 0 saturated carbocycles. The van der Waals surface area contributed by atoms with Gasteiger partial charge in [0.15, 0.2) is 0 Å². The van der Waals surface area contributed by atoms with Crippen molar-refractivity contribution in [3.63, 3.8) is 0 Å². The monoisotopic (exact) mass is 339 g/mol. The van der Waals surface area contributed by atoms with Crippen LogP contribution in [0.4, 0.5) is 5.69 Å². The van der Waals surface area contributed by atoms with Crippen molar-refractivity contribution in [1.82, 2.24) is 4.90 Å². The summed E-state index contributed by atoms with van der Waals surface area (Å²) in [6.45, 7) is 5.29.